The van der Waals surface area contributed by atoms with Crippen LogP contribution in [0.4, 0.5) is 17.8 Å². The Balaban J connectivity index is 3.65. The summed E-state index contributed by atoms with van der Waals surface area (Å²) in [7, 11) is 0. The van der Waals surface area contributed by atoms with Crippen LogP contribution in [0, 0.1) is 0 Å². The summed E-state index contributed by atoms with van der Waals surface area (Å²) in [6, 6.07) is 0. The Morgan fingerprint density at radius 1 is 0.595 bits per heavy atom. The van der Waals surface area contributed by atoms with E-state index >= 15 is 0 Å². The summed E-state index contributed by atoms with van der Waals surface area (Å²) in [6.07, 6.45) is 8.33. The van der Waals surface area contributed by atoms with Gasteiger partial charge in [-0.05, 0) is 32.1 Å². The number of nitrogens with two attached hydrogens (primary N) is 2. The van der Waals surface area contributed by atoms with Crippen LogP contribution in [0.5, 0.6) is 0 Å². The van der Waals surface area contributed by atoms with E-state index in [9.17, 15) is 0 Å². The van der Waals surface area contributed by atoms with Gasteiger partial charge in [-0.3, -0.25) is 5.32 Å². The number of hydrogen-bond acceptors (Lipinski definition) is 12. The first-order valence-corrected chi connectivity index (χ1v) is 13.8. The van der Waals surface area contributed by atoms with Crippen LogP contribution in [0.1, 0.15) is 98.8 Å². The first-order valence-electron chi connectivity index (χ1n) is 13.8. The van der Waals surface area contributed by atoms with Crippen molar-refractivity contribution in [1.29, 1.82) is 0 Å². The third-order valence-electron chi connectivity index (χ3n) is 5.28. The first-order chi connectivity index (χ1) is 17.9. The second kappa shape index (κ2) is 19.3. The second-order valence-electron chi connectivity index (χ2n) is 8.74. The van der Waals surface area contributed by atoms with Gasteiger partial charge >= 0.3 is 11.9 Å². The van der Waals surface area contributed by atoms with E-state index in [0.29, 0.717) is 26.4 Å². The van der Waals surface area contributed by atoms with Crippen LogP contribution in [0.2, 0.25) is 0 Å². The maximum Gasteiger partial charge on any atom is 0.365 e. The van der Waals surface area contributed by atoms with Gasteiger partial charge in [0.1, 0.15) is 0 Å². The lowest BCUT2D eigenvalue weighted by Crippen LogP contribution is -2.67. The zero-order valence-corrected chi connectivity index (χ0v) is 23.6. The molecule has 37 heavy (non-hydrogen) atoms. The van der Waals surface area contributed by atoms with Crippen LogP contribution < -0.4 is 16.8 Å². The van der Waals surface area contributed by atoms with Crippen molar-refractivity contribution in [2.45, 2.75) is 111 Å². The molecule has 0 fully saturated rings. The van der Waals surface area contributed by atoms with Crippen molar-refractivity contribution in [3.8, 4) is 0 Å². The van der Waals surface area contributed by atoms with Crippen LogP contribution in [-0.4, -0.2) is 59.9 Å². The molecule has 0 aliphatic heterocycles. The Labute approximate surface area is 222 Å². The highest BCUT2D eigenvalue weighted by atomic mass is 17.2. The number of unbranched alkanes of at least 4 members (excludes halogenated alkanes) is 5. The van der Waals surface area contributed by atoms with Crippen molar-refractivity contribution in [3.63, 3.8) is 0 Å². The predicted molar refractivity (Wildman–Crippen MR) is 143 cm³/mol. The molecule has 0 aliphatic carbocycles. The molecule has 12 nitrogen and oxygen atoms in total. The Hall–Kier alpha value is -1.83. The van der Waals surface area contributed by atoms with Gasteiger partial charge in [0.05, 0.1) is 33.0 Å². The van der Waals surface area contributed by atoms with Crippen molar-refractivity contribution < 1.29 is 28.7 Å². The largest absolute Gasteiger partial charge is 0.368 e. The quantitative estimate of drug-likeness (QED) is 0.0728. The molecule has 1 aromatic heterocycles. The molecule has 1 aromatic rings. The van der Waals surface area contributed by atoms with E-state index in [1.165, 1.54) is 0 Å². The molecule has 0 aliphatic rings. The highest BCUT2D eigenvalue weighted by molar-refractivity contribution is 5.38. The van der Waals surface area contributed by atoms with Gasteiger partial charge < -0.3 is 30.4 Å². The average Bonchev–Trinajstić information content (AvgIpc) is 2.86. The Morgan fingerprint density at radius 2 is 1.00 bits per heavy atom. The van der Waals surface area contributed by atoms with Crippen LogP contribution in [0.15, 0.2) is 0 Å². The summed E-state index contributed by atoms with van der Waals surface area (Å²) in [5, 5.41) is 3.07. The third kappa shape index (κ3) is 11.6. The summed E-state index contributed by atoms with van der Waals surface area (Å²) in [5.74, 6) is -3.95. The number of anilines is 3. The minimum atomic E-state index is -1.95. The van der Waals surface area contributed by atoms with Gasteiger partial charge in [0.25, 0.3) is 0 Å². The molecule has 0 saturated carbocycles. The fourth-order valence-corrected chi connectivity index (χ4v) is 3.06. The highest BCUT2D eigenvalue weighted by Crippen LogP contribution is 2.37. The van der Waals surface area contributed by atoms with E-state index < -0.39 is 11.9 Å². The molecular weight excluding hydrogens is 480 g/mol. The summed E-state index contributed by atoms with van der Waals surface area (Å²) in [6.45, 7) is 11.9. The maximum absolute atomic E-state index is 6.38. The number of nitrogens with zero attached hydrogens (tertiary/aromatic N) is 3. The molecule has 0 spiro atoms. The molecule has 1 rings (SSSR count). The molecule has 1 unspecified atom stereocenters. The van der Waals surface area contributed by atoms with Crippen molar-refractivity contribution in [2.75, 3.05) is 49.8 Å². The van der Waals surface area contributed by atoms with E-state index in [2.05, 4.69) is 54.9 Å². The monoisotopic (exact) mass is 530 g/mol. The zero-order chi connectivity index (χ0) is 27.4. The number of nitrogen functional groups attached to an aromatic ring is 2. The normalized spacial score (nSPS) is 13.5. The standard InChI is InChI=1S/C25H50N6O6/c1-6-11-16-32-24(37-36-20-15-10-5,31-23-29-21(26)28-22(27)30-23)25(33-17-12-7-2,34-18-13-8-3)35-19-14-9-4/h6-20H2,1-5H3,(H5,26,27,28,29,30,31). The molecule has 0 amide bonds. The Kier molecular flexibility index (Phi) is 17.3. The fraction of sp³-hybridized carbons (Fsp3) is 0.880. The van der Waals surface area contributed by atoms with Crippen LogP contribution in [0.25, 0.3) is 0 Å². The SMILES string of the molecule is CCCCOOC(Nc1nc(N)nc(N)n1)(OCCCC)C(OCCCC)(OCCCC)OCCCC. The minimum absolute atomic E-state index is 0.00207. The molecule has 1 heterocycles. The number of rotatable bonds is 24. The van der Waals surface area contributed by atoms with Gasteiger partial charge in [-0.25, -0.2) is 4.89 Å². The minimum Gasteiger partial charge on any atom is -0.368 e. The first kappa shape index (κ1) is 33.2. The van der Waals surface area contributed by atoms with E-state index in [1.54, 1.807) is 0 Å². The van der Waals surface area contributed by atoms with Crippen molar-refractivity contribution in [2.24, 2.45) is 0 Å². The molecule has 216 valence electrons. The Morgan fingerprint density at radius 3 is 1.43 bits per heavy atom. The number of aromatic nitrogens is 3. The van der Waals surface area contributed by atoms with Crippen molar-refractivity contribution >= 4 is 17.8 Å². The van der Waals surface area contributed by atoms with Gasteiger partial charge in [-0.2, -0.15) is 19.8 Å². The average molecular weight is 531 g/mol. The highest BCUT2D eigenvalue weighted by Gasteiger charge is 2.62. The predicted octanol–water partition coefficient (Wildman–Crippen LogP) is 4.77. The lowest BCUT2D eigenvalue weighted by Gasteiger charge is -2.45. The molecule has 0 saturated heterocycles. The van der Waals surface area contributed by atoms with Gasteiger partial charge in [-0.15, -0.1) is 0 Å². The molecule has 0 bridgehead atoms. The lowest BCUT2D eigenvalue weighted by atomic mass is 10.3. The molecular formula is C25H50N6O6. The van der Waals surface area contributed by atoms with Crippen molar-refractivity contribution in [1.82, 2.24) is 15.0 Å². The van der Waals surface area contributed by atoms with E-state index in [0.717, 1.165) is 64.2 Å². The van der Waals surface area contributed by atoms with E-state index in [-0.39, 0.29) is 24.5 Å². The molecule has 0 aromatic carbocycles. The lowest BCUT2D eigenvalue weighted by molar-refractivity contribution is -0.548. The number of hydrogen-bond donors (Lipinski definition) is 3. The molecule has 12 heteroatoms. The molecule has 0 radical (unpaired) electrons. The summed E-state index contributed by atoms with van der Waals surface area (Å²) in [4.78, 5) is 23.9. The van der Waals surface area contributed by atoms with Crippen molar-refractivity contribution in [3.05, 3.63) is 0 Å². The number of ether oxygens (including phenoxy) is 4. The summed E-state index contributed by atoms with van der Waals surface area (Å²) >= 11 is 0. The van der Waals surface area contributed by atoms with E-state index in [4.69, 9.17) is 40.2 Å². The summed E-state index contributed by atoms with van der Waals surface area (Å²) in [5.41, 5.74) is 11.7. The number of nitrogens with one attached hydrogen (secondary N) is 1. The van der Waals surface area contributed by atoms with Gasteiger partial charge in [-0.1, -0.05) is 66.7 Å². The Bertz CT molecular complexity index is 669. The molecule has 1 atom stereocenters. The third-order valence-corrected chi connectivity index (χ3v) is 5.28. The smallest absolute Gasteiger partial charge is 0.365 e. The van der Waals surface area contributed by atoms with E-state index in [1.807, 2.05) is 0 Å². The van der Waals surface area contributed by atoms with Crippen LogP contribution >= 0.6 is 0 Å². The second-order valence-corrected chi connectivity index (χ2v) is 8.74. The van der Waals surface area contributed by atoms with Gasteiger partial charge in [0.15, 0.2) is 0 Å². The van der Waals surface area contributed by atoms with Gasteiger partial charge in [0.2, 0.25) is 17.8 Å². The van der Waals surface area contributed by atoms with Crippen LogP contribution in [0.3, 0.4) is 0 Å². The van der Waals surface area contributed by atoms with Gasteiger partial charge in [0, 0.05) is 0 Å². The molecule has 5 N–H and O–H groups in total. The zero-order valence-electron chi connectivity index (χ0n) is 23.6. The van der Waals surface area contributed by atoms with Crippen LogP contribution in [-0.2, 0) is 28.7 Å². The topological polar surface area (TPSA) is 158 Å². The maximum atomic E-state index is 6.38. The fourth-order valence-electron chi connectivity index (χ4n) is 3.06. The summed E-state index contributed by atoms with van der Waals surface area (Å²) < 4.78 is 25.5.